The molecule has 0 amide bonds. The lowest BCUT2D eigenvalue weighted by molar-refractivity contribution is 0.885. The second-order valence-electron chi connectivity index (χ2n) is 15.6. The number of aromatic nitrogens is 1. The molecular weight excluding hydrogens is 745 g/mol. The van der Waals surface area contributed by atoms with Gasteiger partial charge in [-0.15, -0.1) is 11.3 Å². The Balaban J connectivity index is 1.12. The molecule has 286 valence electrons. The lowest BCUT2D eigenvalue weighted by Gasteiger charge is -2.31. The summed E-state index contributed by atoms with van der Waals surface area (Å²) >= 11 is 1.89. The zero-order chi connectivity index (χ0) is 40.2. The smallest absolute Gasteiger partial charge is 0.0541 e. The van der Waals surface area contributed by atoms with Crippen LogP contribution in [0.4, 0.5) is 11.4 Å². The zero-order valence-corrected chi connectivity index (χ0v) is 34.3. The number of thiophene rings is 1. The van der Waals surface area contributed by atoms with E-state index in [1.807, 2.05) is 17.4 Å². The molecule has 0 saturated carbocycles. The van der Waals surface area contributed by atoms with E-state index in [-0.39, 0.29) is 0 Å². The lowest BCUT2D eigenvalue weighted by atomic mass is 9.94. The van der Waals surface area contributed by atoms with E-state index in [2.05, 4.69) is 217 Å². The first-order chi connectivity index (χ1) is 29.6. The van der Waals surface area contributed by atoms with Crippen molar-refractivity contribution in [3.8, 4) is 27.9 Å². The highest BCUT2D eigenvalue weighted by atomic mass is 32.1. The minimum absolute atomic E-state index is 0.909. The molecular formula is C57H42N2S. The van der Waals surface area contributed by atoms with Gasteiger partial charge < -0.3 is 9.47 Å². The Kier molecular flexibility index (Phi) is 8.91. The molecule has 11 rings (SSSR count). The molecule has 10 aromatic rings. The van der Waals surface area contributed by atoms with Gasteiger partial charge in [0.25, 0.3) is 0 Å². The van der Waals surface area contributed by atoms with Gasteiger partial charge in [0.2, 0.25) is 0 Å². The van der Waals surface area contributed by atoms with Crippen molar-refractivity contribution in [2.75, 3.05) is 4.90 Å². The summed E-state index contributed by atoms with van der Waals surface area (Å²) in [5.74, 6) is 0. The average Bonchev–Trinajstić information content (AvgIpc) is 3.86. The fourth-order valence-electron chi connectivity index (χ4n) is 9.29. The molecule has 0 atom stereocenters. The van der Waals surface area contributed by atoms with Gasteiger partial charge in [0.1, 0.15) is 0 Å². The van der Waals surface area contributed by atoms with Crippen molar-refractivity contribution in [1.29, 1.82) is 0 Å². The highest BCUT2D eigenvalue weighted by Crippen LogP contribution is 2.47. The average molecular weight is 787 g/mol. The first kappa shape index (κ1) is 35.9. The monoisotopic (exact) mass is 786 g/mol. The highest BCUT2D eigenvalue weighted by molar-refractivity contribution is 7.26. The molecule has 2 heterocycles. The number of hydrogen-bond acceptors (Lipinski definition) is 2. The Morgan fingerprint density at radius 2 is 1.28 bits per heavy atom. The van der Waals surface area contributed by atoms with Crippen LogP contribution in [0.1, 0.15) is 19.8 Å². The maximum absolute atomic E-state index is 4.11. The van der Waals surface area contributed by atoms with E-state index in [1.54, 1.807) is 0 Å². The van der Waals surface area contributed by atoms with Crippen LogP contribution in [-0.4, -0.2) is 4.57 Å². The lowest BCUT2D eigenvalue weighted by Crippen LogP contribution is -2.18. The summed E-state index contributed by atoms with van der Waals surface area (Å²) in [5.41, 5.74) is 14.6. The molecule has 0 saturated heterocycles. The second kappa shape index (κ2) is 14.9. The molecule has 0 aliphatic heterocycles. The standard InChI is InChI=1S/C57H42N2S/c1-3-38(4-2)40-24-29-46(30-25-40)58(47-31-26-41(27-32-47)43-23-22-39-14-8-9-15-42(39)34-43)48-36-51(57-53(37-48)50-19-11-13-21-56(50)60-57)44-28-33-55-52(35-44)49-18-10-12-20-54(49)59(55)45-16-6-5-7-17-45/h3-24,26-29,31-37H,1,25,30H2,2H3/b38-4+. The fraction of sp³-hybridized carbons (Fsp3) is 0.0526. The summed E-state index contributed by atoms with van der Waals surface area (Å²) in [6.07, 6.45) is 10.6. The maximum atomic E-state index is 4.11. The van der Waals surface area contributed by atoms with Crippen LogP contribution in [0.5, 0.6) is 0 Å². The number of benzene rings is 8. The fourth-order valence-corrected chi connectivity index (χ4v) is 10.5. The van der Waals surface area contributed by atoms with Crippen molar-refractivity contribution < 1.29 is 0 Å². The Morgan fingerprint density at radius 1 is 0.567 bits per heavy atom. The van der Waals surface area contributed by atoms with Crippen LogP contribution in [0.25, 0.3) is 80.7 Å². The number of hydrogen-bond donors (Lipinski definition) is 0. The number of anilines is 2. The van der Waals surface area contributed by atoms with E-state index in [1.165, 1.54) is 97.5 Å². The number of nitrogens with zero attached hydrogens (tertiary/aromatic N) is 2. The zero-order valence-electron chi connectivity index (χ0n) is 33.5. The van der Waals surface area contributed by atoms with Crippen molar-refractivity contribution in [3.63, 3.8) is 0 Å². The number of rotatable bonds is 8. The number of fused-ring (bicyclic) bond motifs is 7. The van der Waals surface area contributed by atoms with Crippen molar-refractivity contribution in [1.82, 2.24) is 4.57 Å². The van der Waals surface area contributed by atoms with Gasteiger partial charge in [0.15, 0.2) is 0 Å². The van der Waals surface area contributed by atoms with Gasteiger partial charge >= 0.3 is 0 Å². The third kappa shape index (κ3) is 6.09. The molecule has 0 unspecified atom stereocenters. The summed E-state index contributed by atoms with van der Waals surface area (Å²) < 4.78 is 5.00. The summed E-state index contributed by atoms with van der Waals surface area (Å²) in [4.78, 5) is 2.50. The van der Waals surface area contributed by atoms with E-state index in [4.69, 9.17) is 0 Å². The molecule has 2 aromatic heterocycles. The van der Waals surface area contributed by atoms with Crippen LogP contribution in [0.2, 0.25) is 0 Å². The quantitative estimate of drug-likeness (QED) is 0.139. The van der Waals surface area contributed by atoms with Crippen molar-refractivity contribution in [2.45, 2.75) is 19.8 Å². The van der Waals surface area contributed by atoms with Gasteiger partial charge in [-0.25, -0.2) is 0 Å². The first-order valence-electron chi connectivity index (χ1n) is 20.8. The molecule has 0 radical (unpaired) electrons. The van der Waals surface area contributed by atoms with E-state index in [0.29, 0.717) is 0 Å². The predicted molar refractivity (Wildman–Crippen MR) is 260 cm³/mol. The largest absolute Gasteiger partial charge is 0.314 e. The molecule has 8 aromatic carbocycles. The van der Waals surface area contributed by atoms with E-state index < -0.39 is 0 Å². The Morgan fingerprint density at radius 3 is 2.08 bits per heavy atom. The van der Waals surface area contributed by atoms with Gasteiger partial charge in [0, 0.05) is 59.3 Å². The Labute approximate surface area is 354 Å². The van der Waals surface area contributed by atoms with Crippen molar-refractivity contribution >= 4 is 75.5 Å². The Bertz CT molecular complexity index is 3390. The van der Waals surface area contributed by atoms with Crippen LogP contribution in [0.3, 0.4) is 0 Å². The van der Waals surface area contributed by atoms with Gasteiger partial charge in [0.05, 0.1) is 11.0 Å². The van der Waals surface area contributed by atoms with Crippen molar-refractivity contribution in [2.24, 2.45) is 0 Å². The molecule has 2 nitrogen and oxygen atoms in total. The van der Waals surface area contributed by atoms with Crippen LogP contribution in [0.15, 0.2) is 224 Å². The minimum atomic E-state index is 0.909. The SMILES string of the molecule is C=C/C(=C\C)C1=CC=C(N(c2ccc(-c3ccc4ccccc4c3)cc2)c2cc(-c3ccc4c(c3)c3ccccc3n4-c3ccccc3)c3sc4ccccc4c3c2)CC1. The summed E-state index contributed by atoms with van der Waals surface area (Å²) in [5, 5.41) is 7.59. The van der Waals surface area contributed by atoms with Crippen LogP contribution < -0.4 is 4.90 Å². The highest BCUT2D eigenvalue weighted by Gasteiger charge is 2.23. The van der Waals surface area contributed by atoms with Crippen LogP contribution in [-0.2, 0) is 0 Å². The summed E-state index contributed by atoms with van der Waals surface area (Å²) in [7, 11) is 0. The van der Waals surface area contributed by atoms with Crippen LogP contribution in [0, 0.1) is 0 Å². The number of para-hydroxylation sites is 2. The van der Waals surface area contributed by atoms with Gasteiger partial charge in [-0.2, -0.15) is 0 Å². The molecule has 0 fully saturated rings. The molecule has 60 heavy (non-hydrogen) atoms. The van der Waals surface area contributed by atoms with E-state index >= 15 is 0 Å². The summed E-state index contributed by atoms with van der Waals surface area (Å²) in [6.45, 7) is 6.20. The van der Waals surface area contributed by atoms with Gasteiger partial charge in [-0.05, 0) is 131 Å². The second-order valence-corrected chi connectivity index (χ2v) is 16.7. The van der Waals surface area contributed by atoms with Gasteiger partial charge in [-0.1, -0.05) is 134 Å². The van der Waals surface area contributed by atoms with Crippen LogP contribution >= 0.6 is 11.3 Å². The third-order valence-electron chi connectivity index (χ3n) is 12.2. The topological polar surface area (TPSA) is 8.17 Å². The minimum Gasteiger partial charge on any atom is -0.314 e. The molecule has 1 aliphatic rings. The first-order valence-corrected chi connectivity index (χ1v) is 21.6. The summed E-state index contributed by atoms with van der Waals surface area (Å²) in [6, 6.07) is 64.8. The molecule has 0 bridgehead atoms. The van der Waals surface area contributed by atoms with E-state index in [9.17, 15) is 0 Å². The third-order valence-corrected chi connectivity index (χ3v) is 13.5. The van der Waals surface area contributed by atoms with Crippen molar-refractivity contribution in [3.05, 3.63) is 224 Å². The number of allylic oxidation sites excluding steroid dienone is 7. The Hall–Kier alpha value is -7.20. The molecule has 1 aliphatic carbocycles. The molecule has 0 spiro atoms. The maximum Gasteiger partial charge on any atom is 0.0541 e. The molecule has 0 N–H and O–H groups in total. The normalized spacial score (nSPS) is 13.3. The predicted octanol–water partition coefficient (Wildman–Crippen LogP) is 16.5. The van der Waals surface area contributed by atoms with E-state index in [0.717, 1.165) is 24.2 Å². The van der Waals surface area contributed by atoms with Gasteiger partial charge in [-0.3, -0.25) is 0 Å². The molecule has 3 heteroatoms.